The van der Waals surface area contributed by atoms with Crippen LogP contribution < -0.4 is 0 Å². The number of hydrogen-bond donors (Lipinski definition) is 0. The van der Waals surface area contributed by atoms with Gasteiger partial charge >= 0.3 is 0 Å². The van der Waals surface area contributed by atoms with E-state index < -0.39 is 0 Å². The van der Waals surface area contributed by atoms with Gasteiger partial charge in [0.15, 0.2) is 17.4 Å². The van der Waals surface area contributed by atoms with E-state index in [1.807, 2.05) is 0 Å². The second kappa shape index (κ2) is 7.13. The molecular weight excluding hydrogens is 410 g/mol. The van der Waals surface area contributed by atoms with Gasteiger partial charge in [-0.05, 0) is 65.5 Å². The minimum absolute atomic E-state index is 0.0570. The summed E-state index contributed by atoms with van der Waals surface area (Å²) in [5.74, 6) is 0.178. The van der Waals surface area contributed by atoms with Crippen molar-refractivity contribution in [3.8, 4) is 22.8 Å². The Balaban J connectivity index is 2.23. The van der Waals surface area contributed by atoms with E-state index in [2.05, 4.69) is 29.9 Å². The van der Waals surface area contributed by atoms with Crippen molar-refractivity contribution in [3.63, 3.8) is 0 Å². The average Bonchev–Trinajstić information content (AvgIpc) is 2.52. The van der Waals surface area contributed by atoms with E-state index in [4.69, 9.17) is 46.4 Å². The van der Waals surface area contributed by atoms with Crippen LogP contribution >= 0.6 is 46.4 Å². The van der Waals surface area contributed by atoms with Crippen LogP contribution in [0, 0.1) is 0 Å². The van der Waals surface area contributed by atoms with E-state index in [9.17, 15) is 4.79 Å². The highest BCUT2D eigenvalue weighted by Gasteiger charge is 2.17. The van der Waals surface area contributed by atoms with Crippen molar-refractivity contribution < 1.29 is 4.79 Å². The normalized spacial score (nSPS) is 10.8. The van der Waals surface area contributed by atoms with Gasteiger partial charge in [-0.25, -0.2) is 0 Å². The highest BCUT2D eigenvalue weighted by molar-refractivity contribution is 6.31. The maximum Gasteiger partial charge on any atom is 0.227 e. The maximum atomic E-state index is 11.9. The van der Waals surface area contributed by atoms with Crippen LogP contribution in [0.5, 0.6) is 0 Å². The number of benzene rings is 1. The van der Waals surface area contributed by atoms with Crippen molar-refractivity contribution in [2.45, 2.75) is 6.92 Å². The van der Waals surface area contributed by atoms with Crippen LogP contribution in [0.3, 0.4) is 0 Å². The summed E-state index contributed by atoms with van der Waals surface area (Å²) in [6, 6.07) is 4.84. The lowest BCUT2D eigenvalue weighted by molar-refractivity contribution is 0.101. The Hall–Kier alpha value is -1.93. The van der Waals surface area contributed by atoms with Crippen molar-refractivity contribution in [2.24, 2.45) is 0 Å². The number of carbonyl (C=O) groups is 1. The van der Waals surface area contributed by atoms with E-state index in [1.54, 1.807) is 18.2 Å². The molecule has 0 saturated carbocycles. The average molecular weight is 416 g/mol. The fourth-order valence-corrected chi connectivity index (χ4v) is 2.80. The summed E-state index contributed by atoms with van der Waals surface area (Å²) in [7, 11) is 0. The van der Waals surface area contributed by atoms with Gasteiger partial charge in [0.1, 0.15) is 0 Å². The smallest absolute Gasteiger partial charge is 0.227 e. The molecule has 25 heavy (non-hydrogen) atoms. The van der Waals surface area contributed by atoms with E-state index in [0.717, 1.165) is 0 Å². The zero-order valence-electron chi connectivity index (χ0n) is 12.3. The highest BCUT2D eigenvalue weighted by atomic mass is 35.5. The Labute approximate surface area is 161 Å². The summed E-state index contributed by atoms with van der Waals surface area (Å²) < 4.78 is 0. The third-order valence-electron chi connectivity index (χ3n) is 3.06. The third-order valence-corrected chi connectivity index (χ3v) is 3.74. The predicted octanol–water partition coefficient (Wildman–Crippen LogP) is 4.21. The second-order valence-corrected chi connectivity index (χ2v) is 6.06. The first-order valence-electron chi connectivity index (χ1n) is 6.63. The van der Waals surface area contributed by atoms with Gasteiger partial charge in [0.2, 0.25) is 21.1 Å². The molecule has 11 heteroatoms. The first-order chi connectivity index (χ1) is 11.8. The fourth-order valence-electron chi connectivity index (χ4n) is 2.08. The topological polar surface area (TPSA) is 94.4 Å². The quantitative estimate of drug-likeness (QED) is 0.591. The van der Waals surface area contributed by atoms with Crippen molar-refractivity contribution in [1.29, 1.82) is 0 Å². The summed E-state index contributed by atoms with van der Waals surface area (Å²) >= 11 is 23.3. The van der Waals surface area contributed by atoms with E-state index in [0.29, 0.717) is 16.7 Å². The number of Topliss-reactive ketones (excluding diaryl/α,β-unsaturated/α-hetero) is 1. The van der Waals surface area contributed by atoms with E-state index in [-0.39, 0.29) is 38.6 Å². The minimum atomic E-state index is -0.194. The van der Waals surface area contributed by atoms with Crippen LogP contribution in [0.4, 0.5) is 0 Å². The van der Waals surface area contributed by atoms with E-state index in [1.165, 1.54) is 6.92 Å². The lowest BCUT2D eigenvalue weighted by Gasteiger charge is -2.09. The molecule has 7 nitrogen and oxygen atoms in total. The Kier molecular flexibility index (Phi) is 5.10. The molecular formula is C14H6Cl4N6O. The van der Waals surface area contributed by atoms with Gasteiger partial charge in [0.05, 0.1) is 0 Å². The summed E-state index contributed by atoms with van der Waals surface area (Å²) in [5, 5.41) is -0.306. The Morgan fingerprint density at radius 3 is 1.72 bits per heavy atom. The number of nitrogens with zero attached hydrogens (tertiary/aromatic N) is 6. The summed E-state index contributed by atoms with van der Waals surface area (Å²) in [6.45, 7) is 1.42. The largest absolute Gasteiger partial charge is 0.294 e. The number of aromatic nitrogens is 6. The van der Waals surface area contributed by atoms with Crippen LogP contribution in [-0.4, -0.2) is 35.7 Å². The highest BCUT2D eigenvalue weighted by Crippen LogP contribution is 2.28. The number of ketones is 1. The molecule has 0 aliphatic rings. The van der Waals surface area contributed by atoms with Gasteiger partial charge in [-0.15, -0.1) is 0 Å². The third kappa shape index (κ3) is 4.01. The molecule has 0 spiro atoms. The summed E-state index contributed by atoms with van der Waals surface area (Å²) in [4.78, 5) is 35.4. The lowest BCUT2D eigenvalue weighted by atomic mass is 10.00. The Bertz CT molecular complexity index is 957. The molecule has 0 aliphatic carbocycles. The number of halogens is 4. The molecule has 126 valence electrons. The molecule has 0 amide bonds. The van der Waals surface area contributed by atoms with Crippen molar-refractivity contribution in [2.75, 3.05) is 0 Å². The fraction of sp³-hybridized carbons (Fsp3) is 0.0714. The lowest BCUT2D eigenvalue weighted by Crippen LogP contribution is -2.02. The van der Waals surface area contributed by atoms with Gasteiger partial charge in [-0.1, -0.05) is 6.07 Å². The molecule has 0 aliphatic heterocycles. The standard InChI is InChI=1S/C14H6Cl4N6O/c1-5(25)7-3-2-6(9-19-11(15)23-12(16)20-9)4-8(7)10-21-13(17)24-14(18)22-10/h2-4H,1H3. The SMILES string of the molecule is CC(=O)c1ccc(-c2nc(Cl)nc(Cl)n2)cc1-c1nc(Cl)nc(Cl)n1. The van der Waals surface area contributed by atoms with Crippen LogP contribution in [0.2, 0.25) is 21.1 Å². The molecule has 1 aromatic carbocycles. The van der Waals surface area contributed by atoms with Crippen molar-refractivity contribution >= 4 is 52.2 Å². The molecule has 0 bridgehead atoms. The molecule has 0 saturated heterocycles. The molecule has 0 N–H and O–H groups in total. The zero-order chi connectivity index (χ0) is 18.1. The van der Waals surface area contributed by atoms with Crippen LogP contribution in [0.1, 0.15) is 17.3 Å². The molecule has 2 heterocycles. The number of carbonyl (C=O) groups excluding carboxylic acids is 1. The Morgan fingerprint density at radius 1 is 0.760 bits per heavy atom. The second-order valence-electron chi connectivity index (χ2n) is 4.71. The van der Waals surface area contributed by atoms with Gasteiger partial charge < -0.3 is 0 Å². The monoisotopic (exact) mass is 414 g/mol. The summed E-state index contributed by atoms with van der Waals surface area (Å²) in [5.41, 5.74) is 1.29. The first kappa shape index (κ1) is 17.9. The van der Waals surface area contributed by atoms with Crippen LogP contribution in [-0.2, 0) is 0 Å². The van der Waals surface area contributed by atoms with Crippen molar-refractivity contribution in [1.82, 2.24) is 29.9 Å². The molecule has 2 aromatic heterocycles. The number of hydrogen-bond acceptors (Lipinski definition) is 7. The summed E-state index contributed by atoms with van der Waals surface area (Å²) in [6.07, 6.45) is 0. The molecule has 3 aromatic rings. The molecule has 0 fully saturated rings. The van der Waals surface area contributed by atoms with Gasteiger partial charge in [-0.2, -0.15) is 29.9 Å². The van der Waals surface area contributed by atoms with Gasteiger partial charge in [0.25, 0.3) is 0 Å². The zero-order valence-corrected chi connectivity index (χ0v) is 15.4. The van der Waals surface area contributed by atoms with Crippen LogP contribution in [0.15, 0.2) is 18.2 Å². The first-order valence-corrected chi connectivity index (χ1v) is 8.14. The predicted molar refractivity (Wildman–Crippen MR) is 94.1 cm³/mol. The van der Waals surface area contributed by atoms with Crippen molar-refractivity contribution in [3.05, 3.63) is 44.9 Å². The molecule has 0 atom stereocenters. The van der Waals surface area contributed by atoms with Gasteiger partial charge in [0, 0.05) is 16.7 Å². The van der Waals surface area contributed by atoms with E-state index >= 15 is 0 Å². The molecule has 3 rings (SSSR count). The minimum Gasteiger partial charge on any atom is -0.294 e. The van der Waals surface area contributed by atoms with Gasteiger partial charge in [-0.3, -0.25) is 4.79 Å². The molecule has 0 radical (unpaired) electrons. The van der Waals surface area contributed by atoms with Crippen LogP contribution in [0.25, 0.3) is 22.8 Å². The maximum absolute atomic E-state index is 11.9. The Morgan fingerprint density at radius 2 is 1.24 bits per heavy atom. The number of rotatable bonds is 3. The molecule has 0 unspecified atom stereocenters.